The van der Waals surface area contributed by atoms with Crippen LogP contribution in [-0.4, -0.2) is 0 Å². The third kappa shape index (κ3) is 2.20. The van der Waals surface area contributed by atoms with Crippen molar-refractivity contribution in [2.24, 2.45) is 0 Å². The van der Waals surface area contributed by atoms with Gasteiger partial charge in [0.15, 0.2) is 0 Å². The quantitative estimate of drug-likeness (QED) is 0.586. The third-order valence-corrected chi connectivity index (χ3v) is 4.16. The number of hydrogen-bond donors (Lipinski definition) is 1. The van der Waals surface area contributed by atoms with E-state index in [2.05, 4.69) is 42.8 Å². The molecule has 0 bridgehead atoms. The predicted octanol–water partition coefficient (Wildman–Crippen LogP) is 5.03. The van der Waals surface area contributed by atoms with Gasteiger partial charge in [-0.15, -0.1) is 0 Å². The largest absolute Gasteiger partial charge is 0.457 e. The molecule has 2 aromatic carbocycles. The molecule has 1 heterocycles. The highest BCUT2D eigenvalue weighted by Crippen LogP contribution is 2.44. The smallest absolute Gasteiger partial charge is 0.131 e. The number of anilines is 1. The molecule has 0 aliphatic carbocycles. The molecular formula is C17H18BrNO. The van der Waals surface area contributed by atoms with Crippen molar-refractivity contribution < 1.29 is 4.74 Å². The van der Waals surface area contributed by atoms with Gasteiger partial charge in [0.25, 0.3) is 0 Å². The van der Waals surface area contributed by atoms with Gasteiger partial charge in [0.1, 0.15) is 11.5 Å². The highest BCUT2D eigenvalue weighted by molar-refractivity contribution is 9.10. The first-order valence-corrected chi connectivity index (χ1v) is 7.53. The minimum atomic E-state index is 0.00228. The first-order chi connectivity index (χ1) is 9.36. The summed E-state index contributed by atoms with van der Waals surface area (Å²) < 4.78 is 7.12. The topological polar surface area (TPSA) is 35.2 Å². The van der Waals surface area contributed by atoms with Gasteiger partial charge < -0.3 is 10.5 Å². The fraction of sp³-hybridized carbons (Fsp3) is 0.294. The zero-order valence-corrected chi connectivity index (χ0v) is 13.5. The summed E-state index contributed by atoms with van der Waals surface area (Å²) in [5, 5.41) is 0. The minimum absolute atomic E-state index is 0.00228. The van der Waals surface area contributed by atoms with Gasteiger partial charge in [-0.25, -0.2) is 0 Å². The molecule has 0 spiro atoms. The number of benzene rings is 2. The van der Waals surface area contributed by atoms with E-state index in [1.807, 2.05) is 24.3 Å². The van der Waals surface area contributed by atoms with E-state index >= 15 is 0 Å². The molecule has 3 rings (SSSR count). The second-order valence-corrected chi connectivity index (χ2v) is 7.20. The molecule has 2 aromatic rings. The highest BCUT2D eigenvalue weighted by Gasteiger charge is 2.27. The van der Waals surface area contributed by atoms with Crippen LogP contribution in [0.3, 0.4) is 0 Å². The fourth-order valence-electron chi connectivity index (χ4n) is 2.90. The molecule has 104 valence electrons. The summed E-state index contributed by atoms with van der Waals surface area (Å²) in [4.78, 5) is 0. The Balaban J connectivity index is 2.18. The Morgan fingerprint density at radius 3 is 2.50 bits per heavy atom. The summed E-state index contributed by atoms with van der Waals surface area (Å²) in [5.41, 5.74) is 10.7. The monoisotopic (exact) mass is 331 g/mol. The van der Waals surface area contributed by atoms with Crippen molar-refractivity contribution in [1.29, 1.82) is 0 Å². The molecule has 1 aliphatic heterocycles. The molecule has 0 unspecified atom stereocenters. The van der Waals surface area contributed by atoms with E-state index in [0.29, 0.717) is 0 Å². The summed E-state index contributed by atoms with van der Waals surface area (Å²) in [6, 6.07) is 10.1. The summed E-state index contributed by atoms with van der Waals surface area (Å²) >= 11 is 3.52. The molecule has 20 heavy (non-hydrogen) atoms. The second kappa shape index (κ2) is 4.52. The number of fused-ring (bicyclic) bond motifs is 2. The Morgan fingerprint density at radius 1 is 1.10 bits per heavy atom. The maximum atomic E-state index is 6.22. The summed E-state index contributed by atoms with van der Waals surface area (Å²) in [6.07, 6.45) is 0.863. The lowest BCUT2D eigenvalue weighted by Crippen LogP contribution is -2.19. The van der Waals surface area contributed by atoms with Gasteiger partial charge in [-0.05, 0) is 41.3 Å². The van der Waals surface area contributed by atoms with Gasteiger partial charge in [0.05, 0.1) is 0 Å². The Morgan fingerprint density at radius 2 is 1.80 bits per heavy atom. The van der Waals surface area contributed by atoms with E-state index in [0.717, 1.165) is 28.1 Å². The number of nitrogens with two attached hydrogens (primary N) is 1. The van der Waals surface area contributed by atoms with Crippen LogP contribution in [0.25, 0.3) is 0 Å². The van der Waals surface area contributed by atoms with Crippen LogP contribution < -0.4 is 10.5 Å². The molecule has 0 saturated heterocycles. The summed E-state index contributed by atoms with van der Waals surface area (Å²) in [7, 11) is 0. The van der Waals surface area contributed by atoms with Crippen molar-refractivity contribution in [3.8, 4) is 11.5 Å². The van der Waals surface area contributed by atoms with Gasteiger partial charge in [0.2, 0.25) is 0 Å². The van der Waals surface area contributed by atoms with E-state index in [4.69, 9.17) is 10.5 Å². The van der Waals surface area contributed by atoms with Crippen LogP contribution >= 0.6 is 15.9 Å². The van der Waals surface area contributed by atoms with Crippen LogP contribution in [0.1, 0.15) is 37.5 Å². The van der Waals surface area contributed by atoms with Crippen molar-refractivity contribution in [1.82, 2.24) is 0 Å². The maximum Gasteiger partial charge on any atom is 0.131 e. The van der Waals surface area contributed by atoms with E-state index in [1.165, 1.54) is 16.7 Å². The van der Waals surface area contributed by atoms with Gasteiger partial charge in [-0.3, -0.25) is 0 Å². The Labute approximate surface area is 128 Å². The average molecular weight is 332 g/mol. The molecule has 0 aromatic heterocycles. The molecular weight excluding hydrogens is 314 g/mol. The normalized spacial score (nSPS) is 13.4. The van der Waals surface area contributed by atoms with Crippen LogP contribution in [0, 0.1) is 0 Å². The van der Waals surface area contributed by atoms with Crippen LogP contribution in [0.2, 0.25) is 0 Å². The second-order valence-electron chi connectivity index (χ2n) is 6.29. The van der Waals surface area contributed by atoms with Crippen LogP contribution in [-0.2, 0) is 11.8 Å². The lowest BCUT2D eigenvalue weighted by molar-refractivity contribution is 0.453. The molecule has 2 N–H and O–H groups in total. The van der Waals surface area contributed by atoms with Crippen LogP contribution in [0.4, 0.5) is 5.69 Å². The number of rotatable bonds is 0. The van der Waals surface area contributed by atoms with Gasteiger partial charge in [-0.1, -0.05) is 36.7 Å². The zero-order chi connectivity index (χ0) is 14.5. The molecule has 0 radical (unpaired) electrons. The summed E-state index contributed by atoms with van der Waals surface area (Å²) in [6.45, 7) is 6.57. The molecule has 3 heteroatoms. The van der Waals surface area contributed by atoms with Crippen LogP contribution in [0.15, 0.2) is 34.8 Å². The third-order valence-electron chi connectivity index (χ3n) is 3.66. The number of halogens is 1. The van der Waals surface area contributed by atoms with Gasteiger partial charge in [0, 0.05) is 27.7 Å². The molecule has 1 aliphatic rings. The van der Waals surface area contributed by atoms with Crippen molar-refractivity contribution >= 4 is 21.6 Å². The van der Waals surface area contributed by atoms with E-state index in [9.17, 15) is 0 Å². The number of ether oxygens (including phenoxy) is 1. The standard InChI is InChI=1S/C17H18BrNO/c1-17(2,3)16-12-9-10-8-11(18)4-6-14(10)20-15(12)7-5-13(16)19/h4-8H,9,19H2,1-3H3. The summed E-state index contributed by atoms with van der Waals surface area (Å²) in [5.74, 6) is 1.87. The Bertz CT molecular complexity index is 686. The molecule has 0 fully saturated rings. The first-order valence-electron chi connectivity index (χ1n) is 6.74. The molecule has 0 saturated carbocycles. The van der Waals surface area contributed by atoms with Crippen molar-refractivity contribution in [3.63, 3.8) is 0 Å². The average Bonchev–Trinajstić information content (AvgIpc) is 2.34. The maximum absolute atomic E-state index is 6.22. The minimum Gasteiger partial charge on any atom is -0.457 e. The van der Waals surface area contributed by atoms with Gasteiger partial charge >= 0.3 is 0 Å². The Hall–Kier alpha value is -1.48. The SMILES string of the molecule is CC(C)(C)c1c(N)ccc2c1Cc1cc(Br)ccc1O2. The highest BCUT2D eigenvalue weighted by atomic mass is 79.9. The molecule has 2 nitrogen and oxygen atoms in total. The number of nitrogen functional groups attached to an aromatic ring is 1. The van der Waals surface area contributed by atoms with Gasteiger partial charge in [-0.2, -0.15) is 0 Å². The van der Waals surface area contributed by atoms with E-state index in [1.54, 1.807) is 0 Å². The zero-order valence-electron chi connectivity index (χ0n) is 12.0. The van der Waals surface area contributed by atoms with Crippen molar-refractivity contribution in [2.75, 3.05) is 5.73 Å². The van der Waals surface area contributed by atoms with Crippen molar-refractivity contribution in [3.05, 3.63) is 51.5 Å². The number of hydrogen-bond acceptors (Lipinski definition) is 2. The Kier molecular flexibility index (Phi) is 3.05. The van der Waals surface area contributed by atoms with E-state index < -0.39 is 0 Å². The fourth-order valence-corrected chi connectivity index (χ4v) is 3.31. The predicted molar refractivity (Wildman–Crippen MR) is 86.6 cm³/mol. The van der Waals surface area contributed by atoms with Crippen molar-refractivity contribution in [2.45, 2.75) is 32.6 Å². The molecule has 0 amide bonds. The van der Waals surface area contributed by atoms with E-state index in [-0.39, 0.29) is 5.41 Å². The lowest BCUT2D eigenvalue weighted by atomic mass is 9.80. The lowest BCUT2D eigenvalue weighted by Gasteiger charge is -2.29. The molecule has 0 atom stereocenters. The van der Waals surface area contributed by atoms with Crippen LogP contribution in [0.5, 0.6) is 11.5 Å². The first kappa shape index (κ1) is 13.5.